The Kier molecular flexibility index (Phi) is 4.73. The first kappa shape index (κ1) is 16.1. The SMILES string of the molecule is O=C(O)CN(C(=O)C1CCN(C(=O)N2CCCC2)CC1)C1CC1. The minimum atomic E-state index is -0.952. The summed E-state index contributed by atoms with van der Waals surface area (Å²) in [6.07, 6.45) is 5.25. The summed E-state index contributed by atoms with van der Waals surface area (Å²) in [6, 6.07) is 0.209. The maximum absolute atomic E-state index is 12.6. The van der Waals surface area contributed by atoms with Gasteiger partial charge in [-0.05, 0) is 38.5 Å². The molecule has 0 unspecified atom stereocenters. The predicted molar refractivity (Wildman–Crippen MR) is 82.9 cm³/mol. The van der Waals surface area contributed by atoms with Crippen LogP contribution in [0.25, 0.3) is 0 Å². The highest BCUT2D eigenvalue weighted by Crippen LogP contribution is 2.30. The molecule has 0 spiro atoms. The molecule has 2 heterocycles. The third-order valence-corrected chi connectivity index (χ3v) is 5.07. The topological polar surface area (TPSA) is 81.2 Å². The smallest absolute Gasteiger partial charge is 0.323 e. The van der Waals surface area contributed by atoms with Gasteiger partial charge in [-0.3, -0.25) is 9.59 Å². The molecule has 7 heteroatoms. The molecule has 3 fully saturated rings. The van der Waals surface area contributed by atoms with Gasteiger partial charge in [-0.2, -0.15) is 0 Å². The zero-order chi connectivity index (χ0) is 16.4. The molecule has 0 atom stereocenters. The molecule has 1 aliphatic carbocycles. The third-order valence-electron chi connectivity index (χ3n) is 5.07. The number of carboxylic acids is 1. The van der Waals surface area contributed by atoms with Gasteiger partial charge in [0, 0.05) is 38.1 Å². The van der Waals surface area contributed by atoms with Gasteiger partial charge in [-0.1, -0.05) is 0 Å². The van der Waals surface area contributed by atoms with Gasteiger partial charge in [-0.15, -0.1) is 0 Å². The average molecular weight is 323 g/mol. The fourth-order valence-electron chi connectivity index (χ4n) is 3.58. The van der Waals surface area contributed by atoms with Crippen LogP contribution in [-0.4, -0.2) is 76.5 Å². The van der Waals surface area contributed by atoms with Crippen molar-refractivity contribution < 1.29 is 19.5 Å². The first-order chi connectivity index (χ1) is 11.1. The zero-order valence-electron chi connectivity index (χ0n) is 13.4. The first-order valence-electron chi connectivity index (χ1n) is 8.62. The molecule has 2 aliphatic heterocycles. The maximum atomic E-state index is 12.6. The second-order valence-corrected chi connectivity index (χ2v) is 6.83. The maximum Gasteiger partial charge on any atom is 0.323 e. The number of aliphatic carboxylic acids is 1. The van der Waals surface area contributed by atoms with Crippen molar-refractivity contribution in [2.24, 2.45) is 5.92 Å². The lowest BCUT2D eigenvalue weighted by Gasteiger charge is -2.35. The summed E-state index contributed by atoms with van der Waals surface area (Å²) in [4.78, 5) is 41.2. The average Bonchev–Trinajstić information content (AvgIpc) is 3.25. The number of likely N-dealkylation sites (tertiary alicyclic amines) is 2. The van der Waals surface area contributed by atoms with Crippen LogP contribution in [0.2, 0.25) is 0 Å². The van der Waals surface area contributed by atoms with Gasteiger partial charge >= 0.3 is 12.0 Å². The lowest BCUT2D eigenvalue weighted by molar-refractivity contribution is -0.147. The van der Waals surface area contributed by atoms with Crippen LogP contribution >= 0.6 is 0 Å². The summed E-state index contributed by atoms with van der Waals surface area (Å²) >= 11 is 0. The molecule has 1 N–H and O–H groups in total. The number of carboxylic acid groups (broad SMARTS) is 1. The second kappa shape index (κ2) is 6.76. The largest absolute Gasteiger partial charge is 0.480 e. The Morgan fingerprint density at radius 1 is 0.913 bits per heavy atom. The van der Waals surface area contributed by atoms with Crippen LogP contribution < -0.4 is 0 Å². The summed E-state index contributed by atoms with van der Waals surface area (Å²) in [7, 11) is 0. The molecule has 2 saturated heterocycles. The van der Waals surface area contributed by atoms with Crippen molar-refractivity contribution in [1.82, 2.24) is 14.7 Å². The highest BCUT2D eigenvalue weighted by molar-refractivity contribution is 5.84. The standard InChI is InChI=1S/C16H25N3O4/c20-14(21)11-19(13-3-4-13)15(22)12-5-9-18(10-6-12)16(23)17-7-1-2-8-17/h12-13H,1-11H2,(H,20,21). The normalized spacial score (nSPS) is 22.3. The Morgan fingerprint density at radius 3 is 2.00 bits per heavy atom. The van der Waals surface area contributed by atoms with E-state index in [9.17, 15) is 14.4 Å². The van der Waals surface area contributed by atoms with Crippen LogP contribution in [0.1, 0.15) is 38.5 Å². The van der Waals surface area contributed by atoms with Gasteiger partial charge in [0.15, 0.2) is 0 Å². The molecule has 0 radical (unpaired) electrons. The van der Waals surface area contributed by atoms with E-state index in [0.717, 1.165) is 38.8 Å². The minimum Gasteiger partial charge on any atom is -0.480 e. The number of hydrogen-bond acceptors (Lipinski definition) is 3. The molecule has 3 amide bonds. The molecule has 3 aliphatic rings. The molecule has 23 heavy (non-hydrogen) atoms. The molecule has 0 aromatic carbocycles. The summed E-state index contributed by atoms with van der Waals surface area (Å²) < 4.78 is 0. The number of carbonyl (C=O) groups is 3. The molecule has 0 bridgehead atoms. The number of piperidine rings is 1. The van der Waals surface area contributed by atoms with E-state index in [1.165, 1.54) is 4.90 Å². The zero-order valence-corrected chi connectivity index (χ0v) is 13.4. The summed E-state index contributed by atoms with van der Waals surface area (Å²) in [5.41, 5.74) is 0. The van der Waals surface area contributed by atoms with Crippen molar-refractivity contribution >= 4 is 17.9 Å². The van der Waals surface area contributed by atoms with Crippen LogP contribution in [0.15, 0.2) is 0 Å². The Labute approximate surface area is 136 Å². The fourth-order valence-corrected chi connectivity index (χ4v) is 3.58. The van der Waals surface area contributed by atoms with Crippen molar-refractivity contribution in [1.29, 1.82) is 0 Å². The Morgan fingerprint density at radius 2 is 1.48 bits per heavy atom. The fraction of sp³-hybridized carbons (Fsp3) is 0.812. The number of hydrogen-bond donors (Lipinski definition) is 1. The van der Waals surface area contributed by atoms with Crippen molar-refractivity contribution in [2.75, 3.05) is 32.7 Å². The van der Waals surface area contributed by atoms with E-state index in [0.29, 0.717) is 25.9 Å². The molecule has 0 aromatic heterocycles. The number of amides is 3. The minimum absolute atomic E-state index is 0.0387. The van der Waals surface area contributed by atoms with Crippen LogP contribution in [-0.2, 0) is 9.59 Å². The molecule has 128 valence electrons. The van der Waals surface area contributed by atoms with Gasteiger partial charge in [0.05, 0.1) is 0 Å². The van der Waals surface area contributed by atoms with E-state index >= 15 is 0 Å². The number of urea groups is 1. The quantitative estimate of drug-likeness (QED) is 0.836. The van der Waals surface area contributed by atoms with Crippen LogP contribution in [0.5, 0.6) is 0 Å². The number of rotatable bonds is 4. The first-order valence-corrected chi connectivity index (χ1v) is 8.62. The molecule has 3 rings (SSSR count). The molecule has 1 saturated carbocycles. The van der Waals surface area contributed by atoms with E-state index in [1.54, 1.807) is 0 Å². The summed E-state index contributed by atoms with van der Waals surface area (Å²) in [5.74, 6) is -1.13. The number of carbonyl (C=O) groups excluding carboxylic acids is 2. The van der Waals surface area contributed by atoms with E-state index in [1.807, 2.05) is 9.80 Å². The molecular weight excluding hydrogens is 298 g/mol. The van der Waals surface area contributed by atoms with Crippen LogP contribution in [0.4, 0.5) is 4.79 Å². The monoisotopic (exact) mass is 323 g/mol. The van der Waals surface area contributed by atoms with E-state index < -0.39 is 5.97 Å². The van der Waals surface area contributed by atoms with Crippen LogP contribution in [0.3, 0.4) is 0 Å². The van der Waals surface area contributed by atoms with Crippen molar-refractivity contribution in [3.63, 3.8) is 0 Å². The van der Waals surface area contributed by atoms with Gasteiger partial charge in [-0.25, -0.2) is 4.79 Å². The van der Waals surface area contributed by atoms with Crippen molar-refractivity contribution in [3.05, 3.63) is 0 Å². The Hall–Kier alpha value is -1.79. The summed E-state index contributed by atoms with van der Waals surface area (Å²) in [5, 5.41) is 8.99. The third kappa shape index (κ3) is 3.76. The molecule has 7 nitrogen and oxygen atoms in total. The van der Waals surface area contributed by atoms with Crippen LogP contribution in [0, 0.1) is 5.92 Å². The van der Waals surface area contributed by atoms with E-state index in [2.05, 4.69) is 0 Å². The number of nitrogens with zero attached hydrogens (tertiary/aromatic N) is 3. The highest BCUT2D eigenvalue weighted by Gasteiger charge is 2.38. The highest BCUT2D eigenvalue weighted by atomic mass is 16.4. The van der Waals surface area contributed by atoms with Gasteiger partial charge in [0.2, 0.25) is 5.91 Å². The van der Waals surface area contributed by atoms with Crippen molar-refractivity contribution in [3.8, 4) is 0 Å². The van der Waals surface area contributed by atoms with Gasteiger partial charge in [0.25, 0.3) is 0 Å². The second-order valence-electron chi connectivity index (χ2n) is 6.83. The van der Waals surface area contributed by atoms with E-state index in [4.69, 9.17) is 5.11 Å². The van der Waals surface area contributed by atoms with Gasteiger partial charge < -0.3 is 19.8 Å². The lowest BCUT2D eigenvalue weighted by atomic mass is 9.95. The van der Waals surface area contributed by atoms with E-state index in [-0.39, 0.29) is 30.4 Å². The molecule has 0 aromatic rings. The lowest BCUT2D eigenvalue weighted by Crippen LogP contribution is -2.49. The predicted octanol–water partition coefficient (Wildman–Crippen LogP) is 0.990. The Bertz CT molecular complexity index is 478. The van der Waals surface area contributed by atoms with Gasteiger partial charge in [0.1, 0.15) is 6.54 Å². The summed E-state index contributed by atoms with van der Waals surface area (Å²) in [6.45, 7) is 2.67. The van der Waals surface area contributed by atoms with Crippen molar-refractivity contribution in [2.45, 2.75) is 44.6 Å². The molecular formula is C16H25N3O4. The Balaban J connectivity index is 1.52.